The molecule has 0 N–H and O–H groups in total. The first-order chi connectivity index (χ1) is 11.6. The van der Waals surface area contributed by atoms with E-state index in [2.05, 4.69) is 25.7 Å². The van der Waals surface area contributed by atoms with Crippen molar-refractivity contribution in [3.8, 4) is 0 Å². The van der Waals surface area contributed by atoms with E-state index in [9.17, 15) is 4.79 Å². The molecule has 1 amide bonds. The number of hydrogen-bond acceptors (Lipinski definition) is 6. The molecule has 0 aliphatic carbocycles. The van der Waals surface area contributed by atoms with Gasteiger partial charge in [0.15, 0.2) is 5.82 Å². The molecular weight excluding hydrogens is 308 g/mol. The molecule has 2 aromatic heterocycles. The highest BCUT2D eigenvalue weighted by Gasteiger charge is 2.26. The van der Waals surface area contributed by atoms with Crippen LogP contribution < -0.4 is 0 Å². The van der Waals surface area contributed by atoms with Crippen LogP contribution in [0.15, 0.2) is 43.0 Å². The molecule has 3 rings (SSSR count). The van der Waals surface area contributed by atoms with Crippen molar-refractivity contribution in [1.82, 2.24) is 39.9 Å². The lowest BCUT2D eigenvalue weighted by Crippen LogP contribution is -2.36. The third-order valence-corrected chi connectivity index (χ3v) is 3.80. The first kappa shape index (κ1) is 15.8. The number of rotatable bonds is 6. The molecule has 0 spiro atoms. The van der Waals surface area contributed by atoms with Crippen LogP contribution in [0.3, 0.4) is 0 Å². The number of nitrogens with zero attached hydrogens (tertiary/aromatic N) is 8. The van der Waals surface area contributed by atoms with Gasteiger partial charge in [0.2, 0.25) is 5.91 Å². The van der Waals surface area contributed by atoms with E-state index in [4.69, 9.17) is 0 Å². The average Bonchev–Trinajstić information content (AvgIpc) is 3.25. The van der Waals surface area contributed by atoms with Gasteiger partial charge < -0.3 is 9.47 Å². The molecule has 9 heteroatoms. The second-order valence-corrected chi connectivity index (χ2v) is 5.55. The highest BCUT2D eigenvalue weighted by Crippen LogP contribution is 2.16. The van der Waals surface area contributed by atoms with Gasteiger partial charge in [0, 0.05) is 20.5 Å². The smallest absolute Gasteiger partial charge is 0.248 e. The minimum atomic E-state index is -0.513. The fourth-order valence-corrected chi connectivity index (χ4v) is 2.44. The molecule has 0 aliphatic heterocycles. The highest BCUT2D eigenvalue weighted by molar-refractivity contribution is 5.80. The molecule has 1 unspecified atom stereocenters. The van der Waals surface area contributed by atoms with Gasteiger partial charge in [0.1, 0.15) is 18.7 Å². The fraction of sp³-hybridized carbons (Fsp3) is 0.333. The van der Waals surface area contributed by atoms with Gasteiger partial charge in [-0.25, -0.2) is 4.68 Å². The van der Waals surface area contributed by atoms with E-state index in [0.717, 1.165) is 5.56 Å². The Balaban J connectivity index is 1.79. The van der Waals surface area contributed by atoms with Crippen molar-refractivity contribution < 1.29 is 4.79 Å². The highest BCUT2D eigenvalue weighted by atomic mass is 16.2. The number of likely N-dealkylation sites (N-methyl/N-ethyl adjacent to an activating group) is 1. The molecule has 0 radical (unpaired) electrons. The largest absolute Gasteiger partial charge is 0.336 e. The molecule has 24 heavy (non-hydrogen) atoms. The second-order valence-electron chi connectivity index (χ2n) is 5.55. The van der Waals surface area contributed by atoms with Crippen molar-refractivity contribution in [1.29, 1.82) is 0 Å². The number of aryl methyl sites for hydroxylation is 1. The maximum absolute atomic E-state index is 12.9. The monoisotopic (exact) mass is 326 g/mol. The standard InChI is InChI=1S/C15H18N8O/c1-21(9-14-18-16-10-22(14)2)15(24)13(23-11-17-19-20-23)8-12-6-4-3-5-7-12/h3-7,10-11,13H,8-9H2,1-2H3. The molecule has 1 atom stereocenters. The number of tetrazole rings is 1. The first-order valence-corrected chi connectivity index (χ1v) is 7.49. The summed E-state index contributed by atoms with van der Waals surface area (Å²) in [7, 11) is 3.58. The quantitative estimate of drug-likeness (QED) is 0.644. The summed E-state index contributed by atoms with van der Waals surface area (Å²) in [5, 5.41) is 19.1. The van der Waals surface area contributed by atoms with Crippen LogP contribution in [0.1, 0.15) is 17.4 Å². The van der Waals surface area contributed by atoms with Crippen LogP contribution in [0.4, 0.5) is 0 Å². The molecule has 2 heterocycles. The number of carbonyl (C=O) groups is 1. The molecule has 0 fully saturated rings. The van der Waals surface area contributed by atoms with Crippen LogP contribution in [-0.4, -0.2) is 52.8 Å². The second kappa shape index (κ2) is 6.99. The molecule has 3 aromatic rings. The summed E-state index contributed by atoms with van der Waals surface area (Å²) in [6, 6.07) is 9.28. The lowest BCUT2D eigenvalue weighted by atomic mass is 10.1. The molecule has 0 saturated carbocycles. The van der Waals surface area contributed by atoms with E-state index in [1.807, 2.05) is 37.4 Å². The maximum atomic E-state index is 12.9. The number of amides is 1. The molecule has 124 valence electrons. The summed E-state index contributed by atoms with van der Waals surface area (Å²) in [6.45, 7) is 0.364. The summed E-state index contributed by atoms with van der Waals surface area (Å²) < 4.78 is 3.27. The number of aromatic nitrogens is 7. The van der Waals surface area contributed by atoms with E-state index in [1.165, 1.54) is 11.0 Å². The fourth-order valence-electron chi connectivity index (χ4n) is 2.44. The lowest BCUT2D eigenvalue weighted by Gasteiger charge is -2.23. The first-order valence-electron chi connectivity index (χ1n) is 7.49. The summed E-state index contributed by atoms with van der Waals surface area (Å²) in [4.78, 5) is 14.5. The summed E-state index contributed by atoms with van der Waals surface area (Å²) in [5.74, 6) is 0.621. The van der Waals surface area contributed by atoms with Crippen molar-refractivity contribution in [2.45, 2.75) is 19.0 Å². The Morgan fingerprint density at radius 1 is 1.21 bits per heavy atom. The maximum Gasteiger partial charge on any atom is 0.248 e. The van der Waals surface area contributed by atoms with Crippen LogP contribution in [-0.2, 0) is 24.8 Å². The Morgan fingerprint density at radius 2 is 2.00 bits per heavy atom. The van der Waals surface area contributed by atoms with Gasteiger partial charge in [-0.1, -0.05) is 30.3 Å². The van der Waals surface area contributed by atoms with E-state index in [0.29, 0.717) is 18.8 Å². The molecule has 1 aromatic carbocycles. The van der Waals surface area contributed by atoms with Gasteiger partial charge in [0.25, 0.3) is 0 Å². The van der Waals surface area contributed by atoms with Gasteiger partial charge in [-0.2, -0.15) is 0 Å². The lowest BCUT2D eigenvalue weighted by molar-refractivity contribution is -0.134. The third kappa shape index (κ3) is 3.45. The molecule has 0 saturated heterocycles. The Kier molecular flexibility index (Phi) is 4.59. The normalized spacial score (nSPS) is 12.1. The van der Waals surface area contributed by atoms with Gasteiger partial charge in [0.05, 0.1) is 6.54 Å². The minimum absolute atomic E-state index is 0.0887. The zero-order valence-electron chi connectivity index (χ0n) is 13.5. The molecule has 9 nitrogen and oxygen atoms in total. The Labute approximate surface area is 138 Å². The van der Waals surface area contributed by atoms with Crippen molar-refractivity contribution in [3.63, 3.8) is 0 Å². The van der Waals surface area contributed by atoms with Gasteiger partial charge in [-0.05, 0) is 16.0 Å². The zero-order chi connectivity index (χ0) is 16.9. The Morgan fingerprint density at radius 3 is 2.62 bits per heavy atom. The van der Waals surface area contributed by atoms with Gasteiger partial charge >= 0.3 is 0 Å². The third-order valence-electron chi connectivity index (χ3n) is 3.80. The van der Waals surface area contributed by atoms with E-state index >= 15 is 0 Å². The van der Waals surface area contributed by atoms with Crippen LogP contribution in [0.25, 0.3) is 0 Å². The average molecular weight is 326 g/mol. The van der Waals surface area contributed by atoms with Gasteiger partial charge in [-0.3, -0.25) is 4.79 Å². The predicted molar refractivity (Wildman–Crippen MR) is 84.5 cm³/mol. The van der Waals surface area contributed by atoms with Crippen LogP contribution in [0, 0.1) is 0 Å². The van der Waals surface area contributed by atoms with Crippen LogP contribution in [0.2, 0.25) is 0 Å². The van der Waals surface area contributed by atoms with Crippen molar-refractivity contribution >= 4 is 5.91 Å². The van der Waals surface area contributed by atoms with Crippen molar-refractivity contribution in [2.75, 3.05) is 7.05 Å². The molecule has 0 aliphatic rings. The van der Waals surface area contributed by atoms with E-state index in [1.54, 1.807) is 22.8 Å². The summed E-state index contributed by atoms with van der Waals surface area (Å²) in [5.41, 5.74) is 1.04. The van der Waals surface area contributed by atoms with Crippen LogP contribution >= 0.6 is 0 Å². The Bertz CT molecular complexity index is 783. The topological polar surface area (TPSA) is 94.6 Å². The molecular formula is C15H18N8O. The summed E-state index contributed by atoms with van der Waals surface area (Å²) >= 11 is 0. The van der Waals surface area contributed by atoms with Crippen molar-refractivity contribution in [2.24, 2.45) is 7.05 Å². The SMILES string of the molecule is CN(Cc1nncn1C)C(=O)C(Cc1ccccc1)n1cnnn1. The number of benzene rings is 1. The van der Waals surface area contributed by atoms with Gasteiger partial charge in [-0.15, -0.1) is 15.3 Å². The predicted octanol–water partition coefficient (Wildman–Crippen LogP) is 0.244. The Hall–Kier alpha value is -3.10. The molecule has 0 bridgehead atoms. The van der Waals surface area contributed by atoms with Crippen LogP contribution in [0.5, 0.6) is 0 Å². The van der Waals surface area contributed by atoms with E-state index < -0.39 is 6.04 Å². The zero-order valence-corrected chi connectivity index (χ0v) is 13.5. The van der Waals surface area contributed by atoms with Crippen molar-refractivity contribution in [3.05, 3.63) is 54.4 Å². The van der Waals surface area contributed by atoms with E-state index in [-0.39, 0.29) is 5.91 Å². The summed E-state index contributed by atoms with van der Waals surface area (Å²) in [6.07, 6.45) is 3.58. The number of carbonyl (C=O) groups excluding carboxylic acids is 1. The minimum Gasteiger partial charge on any atom is -0.336 e. The number of hydrogen-bond donors (Lipinski definition) is 0.